The molecule has 0 amide bonds. The molecule has 1 aliphatic rings. The number of hydrogen-bond donors (Lipinski definition) is 0. The van der Waals surface area contributed by atoms with Gasteiger partial charge < -0.3 is 9.80 Å². The van der Waals surface area contributed by atoms with Crippen LogP contribution >= 0.6 is 0 Å². The van der Waals surface area contributed by atoms with Gasteiger partial charge in [0.25, 0.3) is 0 Å². The summed E-state index contributed by atoms with van der Waals surface area (Å²) in [5.74, 6) is -0.301. The van der Waals surface area contributed by atoms with Crippen molar-refractivity contribution in [2.45, 2.75) is 19.4 Å². The molecule has 1 heterocycles. The smallest absolute Gasteiger partial charge is 0.147 e. The first kappa shape index (κ1) is 12.8. The molecule has 1 unspecified atom stereocenters. The van der Waals surface area contributed by atoms with Crippen LogP contribution in [0, 0.1) is 17.1 Å². The normalized spacial score (nSPS) is 21.4. The van der Waals surface area contributed by atoms with Crippen LogP contribution in [0.4, 0.5) is 10.1 Å². The Kier molecular flexibility index (Phi) is 3.83. The number of hydrogen-bond acceptors (Lipinski definition) is 3. The van der Waals surface area contributed by atoms with E-state index >= 15 is 0 Å². The molecule has 1 aliphatic heterocycles. The maximum atomic E-state index is 14.0. The number of halogens is 1. The van der Waals surface area contributed by atoms with Gasteiger partial charge in [0, 0.05) is 19.1 Å². The molecule has 1 aromatic carbocycles. The van der Waals surface area contributed by atoms with E-state index < -0.39 is 0 Å². The van der Waals surface area contributed by atoms with Crippen molar-refractivity contribution in [3.8, 4) is 6.07 Å². The Balaban J connectivity index is 2.27. The SMILES string of the molecule is CC1CN(C)CCCN1c1ccc(C#N)cc1F. The van der Waals surface area contributed by atoms with Gasteiger partial charge in [-0.15, -0.1) is 0 Å². The lowest BCUT2D eigenvalue weighted by Gasteiger charge is -2.30. The Hall–Kier alpha value is -1.60. The van der Waals surface area contributed by atoms with E-state index in [1.54, 1.807) is 12.1 Å². The molecule has 1 saturated heterocycles. The molecule has 18 heavy (non-hydrogen) atoms. The average molecular weight is 247 g/mol. The Morgan fingerprint density at radius 2 is 2.17 bits per heavy atom. The van der Waals surface area contributed by atoms with E-state index in [2.05, 4.69) is 23.8 Å². The molecule has 0 radical (unpaired) electrons. The molecule has 1 aromatic rings. The third-order valence-electron chi connectivity index (χ3n) is 3.43. The maximum absolute atomic E-state index is 14.0. The highest BCUT2D eigenvalue weighted by atomic mass is 19.1. The molecule has 1 atom stereocenters. The van der Waals surface area contributed by atoms with Crippen LogP contribution in [0.1, 0.15) is 18.9 Å². The highest BCUT2D eigenvalue weighted by Gasteiger charge is 2.22. The van der Waals surface area contributed by atoms with Crippen molar-refractivity contribution in [3.63, 3.8) is 0 Å². The van der Waals surface area contributed by atoms with Gasteiger partial charge in [0.15, 0.2) is 0 Å². The molecule has 0 aromatic heterocycles. The molecule has 0 saturated carbocycles. The number of anilines is 1. The second-order valence-corrected chi connectivity index (χ2v) is 4.94. The number of likely N-dealkylation sites (N-methyl/N-ethyl adjacent to an activating group) is 1. The Labute approximate surface area is 107 Å². The summed E-state index contributed by atoms with van der Waals surface area (Å²) < 4.78 is 14.0. The third kappa shape index (κ3) is 2.62. The second kappa shape index (κ2) is 5.36. The lowest BCUT2D eigenvalue weighted by Crippen LogP contribution is -2.38. The third-order valence-corrected chi connectivity index (χ3v) is 3.43. The molecule has 0 aliphatic carbocycles. The number of nitrogens with zero attached hydrogens (tertiary/aromatic N) is 3. The zero-order valence-corrected chi connectivity index (χ0v) is 10.9. The number of nitriles is 1. The molecule has 96 valence electrons. The Morgan fingerprint density at radius 3 is 2.83 bits per heavy atom. The van der Waals surface area contributed by atoms with Crippen LogP contribution < -0.4 is 4.90 Å². The average Bonchev–Trinajstić information content (AvgIpc) is 2.50. The molecule has 2 rings (SSSR count). The largest absolute Gasteiger partial charge is 0.365 e. The first-order valence-corrected chi connectivity index (χ1v) is 6.26. The summed E-state index contributed by atoms with van der Waals surface area (Å²) in [6, 6.07) is 6.95. The molecule has 3 nitrogen and oxygen atoms in total. The van der Waals surface area contributed by atoms with Gasteiger partial charge in [-0.1, -0.05) is 0 Å². The predicted molar refractivity (Wildman–Crippen MR) is 70.0 cm³/mol. The van der Waals surface area contributed by atoms with Gasteiger partial charge >= 0.3 is 0 Å². The topological polar surface area (TPSA) is 30.3 Å². The van der Waals surface area contributed by atoms with Crippen LogP contribution in [-0.4, -0.2) is 37.6 Å². The van der Waals surface area contributed by atoms with Crippen molar-refractivity contribution in [2.75, 3.05) is 31.6 Å². The minimum Gasteiger partial charge on any atom is -0.365 e. The quantitative estimate of drug-likeness (QED) is 0.762. The first-order valence-electron chi connectivity index (χ1n) is 6.26. The minimum atomic E-state index is -0.301. The lowest BCUT2D eigenvalue weighted by molar-refractivity contribution is 0.337. The van der Waals surface area contributed by atoms with E-state index in [-0.39, 0.29) is 11.9 Å². The second-order valence-electron chi connectivity index (χ2n) is 4.94. The zero-order valence-electron chi connectivity index (χ0n) is 10.9. The predicted octanol–water partition coefficient (Wildman–Crippen LogP) is 2.23. The van der Waals surface area contributed by atoms with Gasteiger partial charge in [-0.2, -0.15) is 5.26 Å². The summed E-state index contributed by atoms with van der Waals surface area (Å²) in [4.78, 5) is 4.37. The fraction of sp³-hybridized carbons (Fsp3) is 0.500. The molecule has 0 bridgehead atoms. The van der Waals surface area contributed by atoms with E-state index in [1.807, 2.05) is 6.07 Å². The van der Waals surface area contributed by atoms with Gasteiger partial charge in [-0.05, 0) is 45.1 Å². The molecule has 4 heteroatoms. The van der Waals surface area contributed by atoms with Gasteiger partial charge in [-0.3, -0.25) is 0 Å². The van der Waals surface area contributed by atoms with Crippen LogP contribution in [0.5, 0.6) is 0 Å². The minimum absolute atomic E-state index is 0.278. The standard InChI is InChI=1S/C14H18FN3/c1-11-10-17(2)6-3-7-18(11)14-5-4-12(9-16)8-13(14)15/h4-5,8,11H,3,6-7,10H2,1-2H3. The van der Waals surface area contributed by atoms with E-state index in [0.717, 1.165) is 26.1 Å². The van der Waals surface area contributed by atoms with Crippen molar-refractivity contribution in [1.82, 2.24) is 4.90 Å². The van der Waals surface area contributed by atoms with Crippen molar-refractivity contribution in [3.05, 3.63) is 29.6 Å². The summed E-state index contributed by atoms with van der Waals surface area (Å²) in [5, 5.41) is 8.76. The Bertz CT molecular complexity index is 467. The summed E-state index contributed by atoms with van der Waals surface area (Å²) in [7, 11) is 2.09. The first-order chi connectivity index (χ1) is 8.61. The van der Waals surface area contributed by atoms with Crippen molar-refractivity contribution < 1.29 is 4.39 Å². The molecule has 1 fully saturated rings. The van der Waals surface area contributed by atoms with E-state index in [9.17, 15) is 4.39 Å². The lowest BCUT2D eigenvalue weighted by atomic mass is 10.1. The molecule has 0 N–H and O–H groups in total. The van der Waals surface area contributed by atoms with Crippen LogP contribution in [0.2, 0.25) is 0 Å². The maximum Gasteiger partial charge on any atom is 0.147 e. The van der Waals surface area contributed by atoms with E-state index in [4.69, 9.17) is 5.26 Å². The summed E-state index contributed by atoms with van der Waals surface area (Å²) >= 11 is 0. The van der Waals surface area contributed by atoms with Gasteiger partial charge in [0.2, 0.25) is 0 Å². The Morgan fingerprint density at radius 1 is 1.39 bits per heavy atom. The van der Waals surface area contributed by atoms with E-state index in [1.165, 1.54) is 6.07 Å². The molecular weight excluding hydrogens is 229 g/mol. The summed E-state index contributed by atoms with van der Waals surface area (Å²) in [5.41, 5.74) is 0.979. The van der Waals surface area contributed by atoms with Crippen molar-refractivity contribution in [2.24, 2.45) is 0 Å². The summed E-state index contributed by atoms with van der Waals surface area (Å²) in [6.07, 6.45) is 1.03. The molecular formula is C14H18FN3. The van der Waals surface area contributed by atoms with Gasteiger partial charge in [0.05, 0.1) is 17.3 Å². The zero-order chi connectivity index (χ0) is 13.1. The van der Waals surface area contributed by atoms with Gasteiger partial charge in [0.1, 0.15) is 5.82 Å². The summed E-state index contributed by atoms with van der Waals surface area (Å²) in [6.45, 7) is 4.94. The van der Waals surface area contributed by atoms with Crippen LogP contribution in [0.15, 0.2) is 18.2 Å². The number of benzene rings is 1. The van der Waals surface area contributed by atoms with E-state index in [0.29, 0.717) is 11.3 Å². The van der Waals surface area contributed by atoms with Crippen LogP contribution in [0.3, 0.4) is 0 Å². The van der Waals surface area contributed by atoms with Crippen molar-refractivity contribution in [1.29, 1.82) is 5.26 Å². The van der Waals surface area contributed by atoms with Gasteiger partial charge in [-0.25, -0.2) is 4.39 Å². The fourth-order valence-electron chi connectivity index (χ4n) is 2.54. The molecule has 0 spiro atoms. The monoisotopic (exact) mass is 247 g/mol. The van der Waals surface area contributed by atoms with Crippen molar-refractivity contribution >= 4 is 5.69 Å². The highest BCUT2D eigenvalue weighted by molar-refractivity contribution is 5.52. The number of rotatable bonds is 1. The fourth-order valence-corrected chi connectivity index (χ4v) is 2.54. The highest BCUT2D eigenvalue weighted by Crippen LogP contribution is 2.24. The van der Waals surface area contributed by atoms with Crippen LogP contribution in [-0.2, 0) is 0 Å². The van der Waals surface area contributed by atoms with Crippen LogP contribution in [0.25, 0.3) is 0 Å².